The van der Waals surface area contributed by atoms with E-state index in [1.165, 1.54) is 6.33 Å². The Morgan fingerprint density at radius 2 is 2.00 bits per heavy atom. The van der Waals surface area contributed by atoms with E-state index < -0.39 is 11.7 Å². The Kier molecular flexibility index (Phi) is 3.74. The van der Waals surface area contributed by atoms with Crippen molar-refractivity contribution in [1.29, 1.82) is 0 Å². The Morgan fingerprint density at radius 3 is 2.55 bits per heavy atom. The molecular formula is C10H12F3N7. The zero-order chi connectivity index (χ0) is 14.8. The molecule has 0 aromatic carbocycles. The Hall–Kier alpha value is -2.36. The van der Waals surface area contributed by atoms with E-state index in [4.69, 9.17) is 5.84 Å². The van der Waals surface area contributed by atoms with Crippen molar-refractivity contribution < 1.29 is 13.2 Å². The van der Waals surface area contributed by atoms with Gasteiger partial charge in [0.25, 0.3) is 0 Å². The largest absolute Gasteiger partial charge is 0.416 e. The van der Waals surface area contributed by atoms with Gasteiger partial charge in [0.1, 0.15) is 18.0 Å². The van der Waals surface area contributed by atoms with E-state index in [1.807, 2.05) is 0 Å². The normalized spacial score (nSPS) is 11.4. The SMILES string of the molecule is Cn1cnnc1CNc1cc(C(F)(F)F)cc(NN)n1. The van der Waals surface area contributed by atoms with Gasteiger partial charge in [-0.25, -0.2) is 10.8 Å². The summed E-state index contributed by atoms with van der Waals surface area (Å²) in [4.78, 5) is 3.89. The van der Waals surface area contributed by atoms with Crippen LogP contribution < -0.4 is 16.6 Å². The van der Waals surface area contributed by atoms with Crippen molar-refractivity contribution in [3.8, 4) is 0 Å². The number of anilines is 2. The number of nitrogen functional groups attached to an aromatic ring is 1. The van der Waals surface area contributed by atoms with Gasteiger partial charge in [0.15, 0.2) is 5.82 Å². The van der Waals surface area contributed by atoms with Crippen LogP contribution in [0.4, 0.5) is 24.8 Å². The molecule has 2 rings (SSSR count). The van der Waals surface area contributed by atoms with Gasteiger partial charge in [-0.2, -0.15) is 13.2 Å². The maximum absolute atomic E-state index is 12.7. The number of pyridine rings is 1. The lowest BCUT2D eigenvalue weighted by Crippen LogP contribution is -2.14. The molecule has 0 saturated heterocycles. The number of aryl methyl sites for hydroxylation is 1. The molecule has 4 N–H and O–H groups in total. The van der Waals surface area contributed by atoms with Gasteiger partial charge < -0.3 is 15.3 Å². The van der Waals surface area contributed by atoms with Crippen molar-refractivity contribution in [3.63, 3.8) is 0 Å². The minimum atomic E-state index is -4.48. The third-order valence-electron chi connectivity index (χ3n) is 2.53. The summed E-state index contributed by atoms with van der Waals surface area (Å²) in [7, 11) is 1.73. The maximum atomic E-state index is 12.7. The first-order chi connectivity index (χ1) is 9.40. The molecule has 2 aromatic heterocycles. The van der Waals surface area contributed by atoms with Crippen LogP contribution in [-0.2, 0) is 19.8 Å². The monoisotopic (exact) mass is 287 g/mol. The number of nitrogens with zero attached hydrogens (tertiary/aromatic N) is 4. The second kappa shape index (κ2) is 5.33. The molecule has 20 heavy (non-hydrogen) atoms. The Bertz CT molecular complexity index is 593. The number of halogens is 3. The van der Waals surface area contributed by atoms with Crippen molar-refractivity contribution in [2.24, 2.45) is 12.9 Å². The van der Waals surface area contributed by atoms with Gasteiger partial charge >= 0.3 is 6.18 Å². The average Bonchev–Trinajstić information content (AvgIpc) is 2.80. The molecule has 0 amide bonds. The minimum absolute atomic E-state index is 0.0378. The van der Waals surface area contributed by atoms with Crippen LogP contribution in [0.3, 0.4) is 0 Å². The average molecular weight is 287 g/mol. The predicted molar refractivity (Wildman–Crippen MR) is 65.4 cm³/mol. The molecule has 108 valence electrons. The minimum Gasteiger partial charge on any atom is -0.363 e. The second-order valence-corrected chi connectivity index (χ2v) is 3.98. The number of nitrogens with one attached hydrogen (secondary N) is 2. The van der Waals surface area contributed by atoms with E-state index in [9.17, 15) is 13.2 Å². The first kappa shape index (κ1) is 14.1. The number of nitrogens with two attached hydrogens (primary N) is 1. The van der Waals surface area contributed by atoms with Crippen LogP contribution in [0.15, 0.2) is 18.5 Å². The van der Waals surface area contributed by atoms with Gasteiger partial charge in [-0.15, -0.1) is 10.2 Å². The highest BCUT2D eigenvalue weighted by Crippen LogP contribution is 2.31. The fraction of sp³-hybridized carbons (Fsp3) is 0.300. The molecule has 0 aliphatic heterocycles. The first-order valence-corrected chi connectivity index (χ1v) is 5.53. The summed E-state index contributed by atoms with van der Waals surface area (Å²) >= 11 is 0. The first-order valence-electron chi connectivity index (χ1n) is 5.53. The third kappa shape index (κ3) is 3.15. The van der Waals surface area contributed by atoms with Gasteiger partial charge in [-0.05, 0) is 12.1 Å². The van der Waals surface area contributed by atoms with Crippen molar-refractivity contribution in [2.45, 2.75) is 12.7 Å². The lowest BCUT2D eigenvalue weighted by atomic mass is 10.2. The quantitative estimate of drug-likeness (QED) is 0.576. The van der Waals surface area contributed by atoms with Gasteiger partial charge in [-0.3, -0.25) is 0 Å². The van der Waals surface area contributed by atoms with E-state index in [0.717, 1.165) is 12.1 Å². The standard InChI is InChI=1S/C10H12F3N7/c1-20-5-16-19-9(20)4-15-7-2-6(10(11,12)13)3-8(17-7)18-14/h2-3,5H,4,14H2,1H3,(H2,15,17,18). The van der Waals surface area contributed by atoms with E-state index in [-0.39, 0.29) is 18.2 Å². The number of rotatable bonds is 4. The molecular weight excluding hydrogens is 275 g/mol. The topological polar surface area (TPSA) is 93.7 Å². The second-order valence-electron chi connectivity index (χ2n) is 3.98. The molecule has 0 unspecified atom stereocenters. The summed E-state index contributed by atoms with van der Waals surface area (Å²) in [5, 5.41) is 10.2. The maximum Gasteiger partial charge on any atom is 0.416 e. The van der Waals surface area contributed by atoms with E-state index in [2.05, 4.69) is 25.9 Å². The molecule has 0 aliphatic rings. The predicted octanol–water partition coefficient (Wildman–Crippen LogP) is 1.13. The van der Waals surface area contributed by atoms with Crippen molar-refractivity contribution in [1.82, 2.24) is 19.7 Å². The zero-order valence-corrected chi connectivity index (χ0v) is 10.4. The van der Waals surface area contributed by atoms with Crippen LogP contribution in [0, 0.1) is 0 Å². The van der Waals surface area contributed by atoms with E-state index >= 15 is 0 Å². The number of aromatic nitrogens is 4. The third-order valence-corrected chi connectivity index (χ3v) is 2.53. The van der Waals surface area contributed by atoms with Crippen molar-refractivity contribution >= 4 is 11.6 Å². The van der Waals surface area contributed by atoms with E-state index in [0.29, 0.717) is 5.82 Å². The lowest BCUT2D eigenvalue weighted by molar-refractivity contribution is -0.137. The van der Waals surface area contributed by atoms with Crippen LogP contribution in [-0.4, -0.2) is 19.7 Å². The van der Waals surface area contributed by atoms with Crippen LogP contribution in [0.25, 0.3) is 0 Å². The molecule has 0 aliphatic carbocycles. The fourth-order valence-electron chi connectivity index (χ4n) is 1.50. The Labute approximate surface area is 112 Å². The number of hydrazine groups is 1. The summed E-state index contributed by atoms with van der Waals surface area (Å²) in [6.45, 7) is 0.189. The highest BCUT2D eigenvalue weighted by Gasteiger charge is 2.31. The van der Waals surface area contributed by atoms with E-state index in [1.54, 1.807) is 11.6 Å². The number of hydrogen-bond donors (Lipinski definition) is 3. The molecule has 0 fully saturated rings. The zero-order valence-electron chi connectivity index (χ0n) is 10.4. The molecule has 7 nitrogen and oxygen atoms in total. The van der Waals surface area contributed by atoms with Crippen molar-refractivity contribution in [3.05, 3.63) is 29.8 Å². The Morgan fingerprint density at radius 1 is 1.30 bits per heavy atom. The molecule has 0 radical (unpaired) electrons. The van der Waals surface area contributed by atoms with Gasteiger partial charge in [-0.1, -0.05) is 0 Å². The lowest BCUT2D eigenvalue weighted by Gasteiger charge is -2.12. The van der Waals surface area contributed by atoms with Gasteiger partial charge in [0.05, 0.1) is 12.1 Å². The highest BCUT2D eigenvalue weighted by molar-refractivity contribution is 5.49. The molecule has 0 spiro atoms. The summed E-state index contributed by atoms with van der Waals surface area (Å²) in [6, 6.07) is 1.73. The smallest absolute Gasteiger partial charge is 0.363 e. The molecule has 0 atom stereocenters. The molecule has 2 aromatic rings. The summed E-state index contributed by atoms with van der Waals surface area (Å²) < 4.78 is 39.8. The molecule has 10 heteroatoms. The summed E-state index contributed by atoms with van der Waals surface area (Å²) in [5.41, 5.74) is 1.25. The van der Waals surface area contributed by atoms with Crippen LogP contribution in [0.1, 0.15) is 11.4 Å². The van der Waals surface area contributed by atoms with Crippen LogP contribution >= 0.6 is 0 Å². The fourth-order valence-corrected chi connectivity index (χ4v) is 1.50. The van der Waals surface area contributed by atoms with Crippen LogP contribution in [0.2, 0.25) is 0 Å². The molecule has 0 bridgehead atoms. The summed E-state index contributed by atoms with van der Waals surface area (Å²) in [5.74, 6) is 5.63. The number of alkyl halides is 3. The highest BCUT2D eigenvalue weighted by atomic mass is 19.4. The number of hydrogen-bond acceptors (Lipinski definition) is 6. The molecule has 2 heterocycles. The summed E-state index contributed by atoms with van der Waals surface area (Å²) in [6.07, 6.45) is -2.99. The van der Waals surface area contributed by atoms with Gasteiger partial charge in [0, 0.05) is 7.05 Å². The van der Waals surface area contributed by atoms with Gasteiger partial charge in [0.2, 0.25) is 0 Å². The Balaban J connectivity index is 2.21. The van der Waals surface area contributed by atoms with Crippen LogP contribution in [0.5, 0.6) is 0 Å². The van der Waals surface area contributed by atoms with Crippen molar-refractivity contribution in [2.75, 3.05) is 10.7 Å². The molecule has 0 saturated carbocycles.